The molecule has 0 amide bonds. The van der Waals surface area contributed by atoms with Crippen molar-refractivity contribution in [2.45, 2.75) is 6.18 Å². The van der Waals surface area contributed by atoms with Crippen molar-refractivity contribution >= 4 is 5.82 Å². The molecule has 16 heavy (non-hydrogen) atoms. The molecule has 88 valence electrons. The van der Waals surface area contributed by atoms with Crippen molar-refractivity contribution in [2.24, 2.45) is 5.92 Å². The number of hydrogen-bond acceptors (Lipinski definition) is 2. The fourth-order valence-electron chi connectivity index (χ4n) is 1.60. The molecule has 0 aromatic carbocycles. The van der Waals surface area contributed by atoms with E-state index in [1.807, 2.05) is 0 Å². The third-order valence-corrected chi connectivity index (χ3v) is 2.57. The van der Waals surface area contributed by atoms with E-state index < -0.39 is 18.4 Å². The molecule has 0 unspecified atom stereocenters. The van der Waals surface area contributed by atoms with Gasteiger partial charge in [-0.05, 0) is 12.1 Å². The summed E-state index contributed by atoms with van der Waals surface area (Å²) in [5.74, 6) is 0.460. The van der Waals surface area contributed by atoms with Crippen LogP contribution in [0.25, 0.3) is 0 Å². The van der Waals surface area contributed by atoms with E-state index in [1.165, 1.54) is 6.07 Å². The molecule has 1 aromatic rings. The first-order chi connectivity index (χ1) is 7.50. The topological polar surface area (TPSA) is 16.1 Å². The molecule has 1 saturated heterocycles. The highest BCUT2D eigenvalue weighted by atomic mass is 19.4. The summed E-state index contributed by atoms with van der Waals surface area (Å²) in [6.07, 6.45) is -3.56. The van der Waals surface area contributed by atoms with Gasteiger partial charge in [-0.3, -0.25) is 4.39 Å². The number of nitrogens with zero attached hydrogens (tertiary/aromatic N) is 2. The van der Waals surface area contributed by atoms with Crippen LogP contribution in [0.15, 0.2) is 18.3 Å². The maximum absolute atomic E-state index is 12.2. The number of hydrogen-bond donors (Lipinski definition) is 0. The van der Waals surface area contributed by atoms with Crippen LogP contribution in [0.1, 0.15) is 5.56 Å². The minimum absolute atomic E-state index is 0.0101. The van der Waals surface area contributed by atoms with Crippen LogP contribution in [-0.4, -0.2) is 24.7 Å². The van der Waals surface area contributed by atoms with Crippen LogP contribution in [0.2, 0.25) is 0 Å². The van der Waals surface area contributed by atoms with E-state index in [2.05, 4.69) is 4.98 Å². The molecule has 1 aliphatic rings. The van der Waals surface area contributed by atoms with Crippen molar-refractivity contribution in [3.05, 3.63) is 23.9 Å². The highest BCUT2D eigenvalue weighted by Gasteiger charge is 2.32. The van der Waals surface area contributed by atoms with Crippen LogP contribution in [0.5, 0.6) is 0 Å². The normalized spacial score (nSPS) is 17.4. The molecule has 6 heteroatoms. The Morgan fingerprint density at radius 1 is 1.31 bits per heavy atom. The maximum Gasteiger partial charge on any atom is 0.417 e. The van der Waals surface area contributed by atoms with Gasteiger partial charge in [0, 0.05) is 25.2 Å². The number of aromatic nitrogens is 1. The fourth-order valence-corrected chi connectivity index (χ4v) is 1.60. The molecule has 2 nitrogen and oxygen atoms in total. The van der Waals surface area contributed by atoms with Crippen molar-refractivity contribution in [3.8, 4) is 0 Å². The average molecular weight is 234 g/mol. The van der Waals surface area contributed by atoms with E-state index in [-0.39, 0.29) is 5.92 Å². The Kier molecular flexibility index (Phi) is 2.73. The highest BCUT2D eigenvalue weighted by Crippen LogP contribution is 2.30. The van der Waals surface area contributed by atoms with Gasteiger partial charge in [-0.2, -0.15) is 13.2 Å². The second kappa shape index (κ2) is 3.92. The molecule has 0 spiro atoms. The van der Waals surface area contributed by atoms with Crippen LogP contribution >= 0.6 is 0 Å². The fraction of sp³-hybridized carbons (Fsp3) is 0.500. The van der Waals surface area contributed by atoms with Crippen LogP contribution in [0.4, 0.5) is 23.4 Å². The largest absolute Gasteiger partial charge is 0.417 e. The molecule has 0 N–H and O–H groups in total. The minimum atomic E-state index is -4.36. The van der Waals surface area contributed by atoms with Gasteiger partial charge in [-0.25, -0.2) is 4.98 Å². The Morgan fingerprint density at radius 2 is 2.00 bits per heavy atom. The zero-order chi connectivity index (χ0) is 11.8. The number of halogens is 4. The van der Waals surface area contributed by atoms with E-state index in [0.29, 0.717) is 18.9 Å². The first kappa shape index (κ1) is 11.2. The summed E-state index contributed by atoms with van der Waals surface area (Å²) in [7, 11) is 0. The highest BCUT2D eigenvalue weighted by molar-refractivity contribution is 5.42. The van der Waals surface area contributed by atoms with Gasteiger partial charge in [0.15, 0.2) is 0 Å². The molecule has 1 fully saturated rings. The van der Waals surface area contributed by atoms with E-state index in [0.717, 1.165) is 12.3 Å². The van der Waals surface area contributed by atoms with Crippen LogP contribution in [0, 0.1) is 5.92 Å². The second-order valence-electron chi connectivity index (χ2n) is 3.83. The molecule has 1 aliphatic heterocycles. The van der Waals surface area contributed by atoms with Crippen molar-refractivity contribution < 1.29 is 17.6 Å². The predicted octanol–water partition coefficient (Wildman–Crippen LogP) is 2.51. The molecule has 0 bridgehead atoms. The molecule has 0 radical (unpaired) electrons. The SMILES string of the molecule is FCC1CN(c2ccc(C(F)(F)F)cn2)C1. The molecule has 0 saturated carbocycles. The molecule has 0 atom stereocenters. The number of anilines is 1. The molecule has 0 aliphatic carbocycles. The van der Waals surface area contributed by atoms with Crippen LogP contribution in [0.3, 0.4) is 0 Å². The van der Waals surface area contributed by atoms with Gasteiger partial charge in [0.05, 0.1) is 12.2 Å². The van der Waals surface area contributed by atoms with Gasteiger partial charge in [0.2, 0.25) is 0 Å². The Balaban J connectivity index is 2.04. The van der Waals surface area contributed by atoms with Crippen molar-refractivity contribution in [1.82, 2.24) is 4.98 Å². The van der Waals surface area contributed by atoms with Crippen molar-refractivity contribution in [3.63, 3.8) is 0 Å². The van der Waals surface area contributed by atoms with Gasteiger partial charge in [-0.1, -0.05) is 0 Å². The van der Waals surface area contributed by atoms with Crippen LogP contribution in [-0.2, 0) is 6.18 Å². The standard InChI is InChI=1S/C10H10F4N2/c11-3-7-5-16(6-7)9-2-1-8(4-15-9)10(12,13)14/h1-2,4,7H,3,5-6H2. The summed E-state index contributed by atoms with van der Waals surface area (Å²) in [5.41, 5.74) is -0.765. The second-order valence-corrected chi connectivity index (χ2v) is 3.83. The molecular formula is C10H10F4N2. The third-order valence-electron chi connectivity index (χ3n) is 2.57. The predicted molar refractivity (Wildman–Crippen MR) is 50.9 cm³/mol. The lowest BCUT2D eigenvalue weighted by molar-refractivity contribution is -0.137. The first-order valence-corrected chi connectivity index (χ1v) is 4.85. The van der Waals surface area contributed by atoms with Gasteiger partial charge < -0.3 is 4.90 Å². The third kappa shape index (κ3) is 2.10. The van der Waals surface area contributed by atoms with Gasteiger partial charge in [0.25, 0.3) is 0 Å². The van der Waals surface area contributed by atoms with Crippen LogP contribution < -0.4 is 4.90 Å². The maximum atomic E-state index is 12.2. The van der Waals surface area contributed by atoms with E-state index in [1.54, 1.807) is 4.90 Å². The summed E-state index contributed by atoms with van der Waals surface area (Å²) >= 11 is 0. The lowest BCUT2D eigenvalue weighted by atomic mass is 10.0. The Labute approximate surface area is 89.9 Å². The Hall–Kier alpha value is -1.33. The number of rotatable bonds is 2. The Morgan fingerprint density at radius 3 is 2.44 bits per heavy atom. The lowest BCUT2D eigenvalue weighted by Gasteiger charge is -2.38. The monoisotopic (exact) mass is 234 g/mol. The zero-order valence-corrected chi connectivity index (χ0v) is 8.34. The number of alkyl halides is 4. The van der Waals surface area contributed by atoms with E-state index in [9.17, 15) is 17.6 Å². The Bertz CT molecular complexity index is 354. The summed E-state index contributed by atoms with van der Waals surface area (Å²) in [4.78, 5) is 5.47. The summed E-state index contributed by atoms with van der Waals surface area (Å²) < 4.78 is 48.8. The summed E-state index contributed by atoms with van der Waals surface area (Å²) in [6, 6.07) is 2.31. The molecular weight excluding hydrogens is 224 g/mol. The average Bonchev–Trinajstić information content (AvgIpc) is 2.15. The quantitative estimate of drug-likeness (QED) is 0.731. The molecule has 1 aromatic heterocycles. The lowest BCUT2D eigenvalue weighted by Crippen LogP contribution is -2.48. The first-order valence-electron chi connectivity index (χ1n) is 4.85. The van der Waals surface area contributed by atoms with Gasteiger partial charge >= 0.3 is 6.18 Å². The minimum Gasteiger partial charge on any atom is -0.356 e. The molecule has 2 rings (SSSR count). The van der Waals surface area contributed by atoms with Crippen molar-refractivity contribution in [1.29, 1.82) is 0 Å². The van der Waals surface area contributed by atoms with Gasteiger partial charge in [-0.15, -0.1) is 0 Å². The van der Waals surface area contributed by atoms with E-state index >= 15 is 0 Å². The van der Waals surface area contributed by atoms with Crippen molar-refractivity contribution in [2.75, 3.05) is 24.7 Å². The summed E-state index contributed by atoms with van der Waals surface area (Å²) in [6.45, 7) is 0.654. The zero-order valence-electron chi connectivity index (χ0n) is 8.34. The summed E-state index contributed by atoms with van der Waals surface area (Å²) in [5, 5.41) is 0. The van der Waals surface area contributed by atoms with E-state index in [4.69, 9.17) is 0 Å². The smallest absolute Gasteiger partial charge is 0.356 e. The number of pyridine rings is 1. The molecule has 2 heterocycles. The van der Waals surface area contributed by atoms with Gasteiger partial charge in [0.1, 0.15) is 5.82 Å².